The van der Waals surface area contributed by atoms with E-state index in [-0.39, 0.29) is 0 Å². The highest BCUT2D eigenvalue weighted by Crippen LogP contribution is 2.30. The molecule has 0 aromatic heterocycles. The second-order valence-electron chi connectivity index (χ2n) is 4.52. The molecule has 2 unspecified atom stereocenters. The minimum absolute atomic E-state index is 0.542. The summed E-state index contributed by atoms with van der Waals surface area (Å²) in [7, 11) is 2.48. The first-order valence-electron chi connectivity index (χ1n) is 6.18. The molecule has 1 rings (SSSR count). The van der Waals surface area contributed by atoms with Crippen molar-refractivity contribution in [2.45, 2.75) is 44.3 Å². The average molecular weight is 272 g/mol. The van der Waals surface area contributed by atoms with Crippen molar-refractivity contribution in [1.82, 2.24) is 0 Å². The molecule has 0 aromatic carbocycles. The van der Waals surface area contributed by atoms with Crippen LogP contribution in [0.5, 0.6) is 0 Å². The van der Waals surface area contributed by atoms with Gasteiger partial charge in [-0.15, -0.1) is 0 Å². The Morgan fingerprint density at radius 3 is 2.37 bits per heavy atom. The minimum atomic E-state index is -0.925. The predicted octanol–water partition coefficient (Wildman–Crippen LogP) is 2.81. The standard InChI is InChI=1S/C13H20O6/c1-13(19-12(15)17-3)9-7-5-4-6-8-10(13)18-11(14)16-2/h4-5,10H,6-9H2,1-3H3. The summed E-state index contributed by atoms with van der Waals surface area (Å²) in [6.07, 6.45) is 4.47. The third kappa shape index (κ3) is 4.46. The largest absolute Gasteiger partial charge is 0.508 e. The van der Waals surface area contributed by atoms with Gasteiger partial charge in [-0.1, -0.05) is 12.2 Å². The van der Waals surface area contributed by atoms with Gasteiger partial charge in [0, 0.05) is 0 Å². The number of ether oxygens (including phenoxy) is 4. The maximum absolute atomic E-state index is 11.4. The van der Waals surface area contributed by atoms with Gasteiger partial charge in [-0.2, -0.15) is 0 Å². The molecular formula is C13H20O6. The van der Waals surface area contributed by atoms with Gasteiger partial charge in [-0.25, -0.2) is 9.59 Å². The van der Waals surface area contributed by atoms with E-state index in [9.17, 15) is 9.59 Å². The van der Waals surface area contributed by atoms with Gasteiger partial charge >= 0.3 is 12.3 Å². The predicted molar refractivity (Wildman–Crippen MR) is 66.8 cm³/mol. The Labute approximate surface area is 112 Å². The molecular weight excluding hydrogens is 252 g/mol. The van der Waals surface area contributed by atoms with Crippen LogP contribution in [0.25, 0.3) is 0 Å². The summed E-state index contributed by atoms with van der Waals surface area (Å²) in [6, 6.07) is 0. The number of carbonyl (C=O) groups is 2. The summed E-state index contributed by atoms with van der Waals surface area (Å²) in [5, 5.41) is 0. The summed E-state index contributed by atoms with van der Waals surface area (Å²) >= 11 is 0. The molecule has 0 bridgehead atoms. The van der Waals surface area contributed by atoms with Crippen molar-refractivity contribution in [1.29, 1.82) is 0 Å². The molecule has 6 heteroatoms. The molecule has 19 heavy (non-hydrogen) atoms. The van der Waals surface area contributed by atoms with E-state index in [1.807, 2.05) is 12.2 Å². The second-order valence-corrected chi connectivity index (χ2v) is 4.52. The van der Waals surface area contributed by atoms with Crippen LogP contribution in [0.3, 0.4) is 0 Å². The van der Waals surface area contributed by atoms with Crippen LogP contribution in [0.15, 0.2) is 12.2 Å². The van der Waals surface area contributed by atoms with Gasteiger partial charge in [0.15, 0.2) is 5.60 Å². The monoisotopic (exact) mass is 272 g/mol. The Balaban J connectivity index is 2.85. The van der Waals surface area contributed by atoms with Gasteiger partial charge in [0.1, 0.15) is 6.10 Å². The van der Waals surface area contributed by atoms with E-state index >= 15 is 0 Å². The highest BCUT2D eigenvalue weighted by atomic mass is 16.8. The molecule has 0 amide bonds. The van der Waals surface area contributed by atoms with Gasteiger partial charge in [0.2, 0.25) is 0 Å². The Morgan fingerprint density at radius 1 is 1.11 bits per heavy atom. The van der Waals surface area contributed by atoms with Crippen molar-refractivity contribution >= 4 is 12.3 Å². The lowest BCUT2D eigenvalue weighted by atomic mass is 9.88. The lowest BCUT2D eigenvalue weighted by molar-refractivity contribution is -0.109. The van der Waals surface area contributed by atoms with Crippen molar-refractivity contribution in [3.63, 3.8) is 0 Å². The summed E-state index contributed by atoms with van der Waals surface area (Å²) < 4.78 is 19.5. The third-order valence-corrected chi connectivity index (χ3v) is 3.14. The molecule has 1 aliphatic carbocycles. The number of carbonyl (C=O) groups excluding carboxylic acids is 2. The maximum atomic E-state index is 11.4. The van der Waals surface area contributed by atoms with E-state index in [0.717, 1.165) is 12.8 Å². The average Bonchev–Trinajstić information content (AvgIpc) is 2.38. The van der Waals surface area contributed by atoms with Gasteiger partial charge in [-0.05, 0) is 32.6 Å². The smallest absolute Gasteiger partial charge is 0.438 e. The molecule has 0 saturated heterocycles. The van der Waals surface area contributed by atoms with Gasteiger partial charge in [0.25, 0.3) is 0 Å². The number of hydrogen-bond acceptors (Lipinski definition) is 6. The number of methoxy groups -OCH3 is 2. The fourth-order valence-electron chi connectivity index (χ4n) is 2.02. The zero-order chi connectivity index (χ0) is 14.3. The number of allylic oxidation sites excluding steroid dienone is 2. The van der Waals surface area contributed by atoms with Crippen LogP contribution >= 0.6 is 0 Å². The number of rotatable bonds is 2. The Bertz CT molecular complexity index is 351. The maximum Gasteiger partial charge on any atom is 0.508 e. The van der Waals surface area contributed by atoms with Crippen molar-refractivity contribution < 1.29 is 28.5 Å². The highest BCUT2D eigenvalue weighted by Gasteiger charge is 2.41. The molecule has 0 fully saturated rings. The minimum Gasteiger partial charge on any atom is -0.438 e. The van der Waals surface area contributed by atoms with E-state index in [1.165, 1.54) is 14.2 Å². The quantitative estimate of drug-likeness (QED) is 0.568. The number of hydrogen-bond donors (Lipinski definition) is 0. The third-order valence-electron chi connectivity index (χ3n) is 3.14. The van der Waals surface area contributed by atoms with E-state index in [0.29, 0.717) is 12.8 Å². The van der Waals surface area contributed by atoms with Crippen molar-refractivity contribution in [3.8, 4) is 0 Å². The Kier molecular flexibility index (Phi) is 5.66. The molecule has 2 atom stereocenters. The van der Waals surface area contributed by atoms with E-state index in [2.05, 4.69) is 9.47 Å². The Morgan fingerprint density at radius 2 is 1.74 bits per heavy atom. The SMILES string of the molecule is COC(=O)OC1CCC=CCCC1(C)OC(=O)OC. The van der Waals surface area contributed by atoms with E-state index < -0.39 is 24.0 Å². The van der Waals surface area contributed by atoms with Gasteiger partial charge in [0.05, 0.1) is 14.2 Å². The highest BCUT2D eigenvalue weighted by molar-refractivity contribution is 5.61. The molecule has 1 aliphatic rings. The van der Waals surface area contributed by atoms with E-state index in [1.54, 1.807) is 6.92 Å². The summed E-state index contributed by atoms with van der Waals surface area (Å²) in [5.74, 6) is 0. The van der Waals surface area contributed by atoms with Crippen molar-refractivity contribution in [3.05, 3.63) is 12.2 Å². The topological polar surface area (TPSA) is 71.1 Å². The fourth-order valence-corrected chi connectivity index (χ4v) is 2.02. The molecule has 0 saturated carbocycles. The van der Waals surface area contributed by atoms with Gasteiger partial charge < -0.3 is 18.9 Å². The van der Waals surface area contributed by atoms with Crippen LogP contribution in [0, 0.1) is 0 Å². The molecule has 0 spiro atoms. The normalized spacial score (nSPS) is 26.8. The molecule has 0 radical (unpaired) electrons. The first kappa shape index (κ1) is 15.3. The van der Waals surface area contributed by atoms with Crippen LogP contribution in [0.4, 0.5) is 9.59 Å². The van der Waals surface area contributed by atoms with Crippen molar-refractivity contribution in [2.75, 3.05) is 14.2 Å². The van der Waals surface area contributed by atoms with E-state index in [4.69, 9.17) is 9.47 Å². The lowest BCUT2D eigenvalue weighted by Gasteiger charge is -2.36. The molecule has 0 heterocycles. The zero-order valence-electron chi connectivity index (χ0n) is 11.5. The summed E-state index contributed by atoms with van der Waals surface area (Å²) in [6.45, 7) is 1.73. The first-order chi connectivity index (χ1) is 9.01. The van der Waals surface area contributed by atoms with Crippen LogP contribution in [0.1, 0.15) is 32.6 Å². The van der Waals surface area contributed by atoms with Crippen LogP contribution in [-0.4, -0.2) is 38.2 Å². The molecule has 6 nitrogen and oxygen atoms in total. The molecule has 0 aromatic rings. The summed E-state index contributed by atoms with van der Waals surface area (Å²) in [5.41, 5.74) is -0.925. The second kappa shape index (κ2) is 7.01. The molecule has 108 valence electrons. The van der Waals surface area contributed by atoms with Crippen molar-refractivity contribution in [2.24, 2.45) is 0 Å². The van der Waals surface area contributed by atoms with Crippen LogP contribution in [0.2, 0.25) is 0 Å². The van der Waals surface area contributed by atoms with Crippen LogP contribution in [-0.2, 0) is 18.9 Å². The molecule has 0 N–H and O–H groups in total. The zero-order valence-corrected chi connectivity index (χ0v) is 11.5. The lowest BCUT2D eigenvalue weighted by Crippen LogP contribution is -2.46. The van der Waals surface area contributed by atoms with Gasteiger partial charge in [-0.3, -0.25) is 0 Å². The Hall–Kier alpha value is -1.72. The first-order valence-corrected chi connectivity index (χ1v) is 6.18. The summed E-state index contributed by atoms with van der Waals surface area (Å²) in [4.78, 5) is 22.6. The fraction of sp³-hybridized carbons (Fsp3) is 0.692. The molecule has 0 aliphatic heterocycles. The van der Waals surface area contributed by atoms with Crippen LogP contribution < -0.4 is 0 Å².